The van der Waals surface area contributed by atoms with Gasteiger partial charge in [0.05, 0.1) is 10.2 Å². The van der Waals surface area contributed by atoms with Crippen molar-refractivity contribution in [2.45, 2.75) is 13.3 Å². The zero-order chi connectivity index (χ0) is 14.1. The first-order chi connectivity index (χ1) is 9.64. The van der Waals surface area contributed by atoms with Crippen molar-refractivity contribution in [3.63, 3.8) is 0 Å². The van der Waals surface area contributed by atoms with Gasteiger partial charge in [-0.3, -0.25) is 0 Å². The smallest absolute Gasteiger partial charge is 0.189 e. The number of benzene rings is 1. The summed E-state index contributed by atoms with van der Waals surface area (Å²) < 4.78 is 13.9. The van der Waals surface area contributed by atoms with E-state index in [1.54, 1.807) is 12.1 Å². The molecule has 0 fully saturated rings. The van der Waals surface area contributed by atoms with Crippen LogP contribution in [-0.4, -0.2) is 15.0 Å². The van der Waals surface area contributed by atoms with Crippen LogP contribution in [0, 0.1) is 5.82 Å². The molecule has 7 heteroatoms. The Bertz CT molecular complexity index is 774. The fourth-order valence-corrected chi connectivity index (χ4v) is 2.85. The molecular weight excluding hydrogens is 299 g/mol. The molecule has 2 aromatic heterocycles. The zero-order valence-corrected chi connectivity index (χ0v) is 12.1. The van der Waals surface area contributed by atoms with E-state index in [1.165, 1.54) is 23.5 Å². The van der Waals surface area contributed by atoms with Crippen molar-refractivity contribution >= 4 is 44.1 Å². The van der Waals surface area contributed by atoms with Crippen LogP contribution in [0.3, 0.4) is 0 Å². The minimum atomic E-state index is -0.272. The van der Waals surface area contributed by atoms with E-state index in [-0.39, 0.29) is 5.82 Å². The van der Waals surface area contributed by atoms with Gasteiger partial charge in [-0.1, -0.05) is 29.9 Å². The number of nitrogens with zero attached hydrogens (tertiary/aromatic N) is 3. The van der Waals surface area contributed by atoms with Crippen molar-refractivity contribution in [1.82, 2.24) is 15.0 Å². The first kappa shape index (κ1) is 13.2. The van der Waals surface area contributed by atoms with Crippen LogP contribution in [0.25, 0.3) is 10.2 Å². The van der Waals surface area contributed by atoms with Crippen LogP contribution in [0.15, 0.2) is 24.3 Å². The molecule has 2 heterocycles. The van der Waals surface area contributed by atoms with Gasteiger partial charge in [0.15, 0.2) is 5.13 Å². The molecule has 3 aromatic rings. The standard InChI is InChI=1S/C13H10ClFN4S/c1-2-11-17-10(14)6-12(18-11)19-13-16-8-4-3-7(15)5-9(8)20-13/h3-6H,2H2,1H3,(H,16,17,18,19). The molecule has 4 nitrogen and oxygen atoms in total. The lowest BCUT2D eigenvalue weighted by atomic mass is 10.3. The van der Waals surface area contributed by atoms with E-state index < -0.39 is 0 Å². The molecule has 0 spiro atoms. The van der Waals surface area contributed by atoms with Crippen LogP contribution in [0.1, 0.15) is 12.7 Å². The first-order valence-corrected chi connectivity index (χ1v) is 7.20. The highest BCUT2D eigenvalue weighted by Gasteiger charge is 2.07. The van der Waals surface area contributed by atoms with Crippen molar-refractivity contribution < 1.29 is 4.39 Å². The number of thiazole rings is 1. The van der Waals surface area contributed by atoms with Crippen molar-refractivity contribution in [2.24, 2.45) is 0 Å². The number of fused-ring (bicyclic) bond motifs is 1. The lowest BCUT2D eigenvalue weighted by molar-refractivity contribution is 0.630. The third-order valence-corrected chi connectivity index (χ3v) is 3.77. The second-order valence-corrected chi connectivity index (χ2v) is 5.52. The summed E-state index contributed by atoms with van der Waals surface area (Å²) in [5, 5.41) is 4.10. The number of hydrogen-bond donors (Lipinski definition) is 1. The van der Waals surface area contributed by atoms with Crippen molar-refractivity contribution in [3.05, 3.63) is 41.1 Å². The highest BCUT2D eigenvalue weighted by molar-refractivity contribution is 7.22. The summed E-state index contributed by atoms with van der Waals surface area (Å²) >= 11 is 7.30. The molecule has 1 N–H and O–H groups in total. The molecular formula is C13H10ClFN4S. The third kappa shape index (κ3) is 2.71. The Kier molecular flexibility index (Phi) is 3.50. The van der Waals surface area contributed by atoms with Gasteiger partial charge in [-0.2, -0.15) is 0 Å². The Morgan fingerprint density at radius 2 is 2.10 bits per heavy atom. The predicted octanol–water partition coefficient (Wildman–Crippen LogP) is 4.18. The molecule has 20 heavy (non-hydrogen) atoms. The molecule has 3 rings (SSSR count). The number of hydrogen-bond acceptors (Lipinski definition) is 5. The second-order valence-electron chi connectivity index (χ2n) is 4.10. The molecule has 0 saturated heterocycles. The SMILES string of the molecule is CCc1nc(Cl)cc(Nc2nc3ccc(F)cc3s2)n1. The molecule has 0 bridgehead atoms. The summed E-state index contributed by atoms with van der Waals surface area (Å²) in [6.07, 6.45) is 0.695. The minimum Gasteiger partial charge on any atom is -0.316 e. The van der Waals surface area contributed by atoms with E-state index in [9.17, 15) is 4.39 Å². The van der Waals surface area contributed by atoms with Crippen molar-refractivity contribution in [2.75, 3.05) is 5.32 Å². The van der Waals surface area contributed by atoms with Crippen LogP contribution < -0.4 is 5.32 Å². The van der Waals surface area contributed by atoms with E-state index in [1.807, 2.05) is 6.92 Å². The van der Waals surface area contributed by atoms with Gasteiger partial charge < -0.3 is 5.32 Å². The van der Waals surface area contributed by atoms with Crippen LogP contribution in [0.4, 0.5) is 15.3 Å². The number of anilines is 2. The Labute approximate surface area is 123 Å². The normalized spacial score (nSPS) is 10.9. The fraction of sp³-hybridized carbons (Fsp3) is 0.154. The van der Waals surface area contributed by atoms with Crippen LogP contribution >= 0.6 is 22.9 Å². The number of halogens is 2. The summed E-state index contributed by atoms with van der Waals surface area (Å²) in [5.41, 5.74) is 0.745. The van der Waals surface area contributed by atoms with Gasteiger partial charge in [0.1, 0.15) is 22.6 Å². The number of nitrogens with one attached hydrogen (secondary N) is 1. The molecule has 102 valence electrons. The van der Waals surface area contributed by atoms with Gasteiger partial charge >= 0.3 is 0 Å². The topological polar surface area (TPSA) is 50.7 Å². The number of aryl methyl sites for hydroxylation is 1. The largest absolute Gasteiger partial charge is 0.316 e. The summed E-state index contributed by atoms with van der Waals surface area (Å²) in [6.45, 7) is 1.95. The van der Waals surface area contributed by atoms with E-state index in [4.69, 9.17) is 11.6 Å². The monoisotopic (exact) mass is 308 g/mol. The molecule has 1 aromatic carbocycles. The number of aromatic nitrogens is 3. The molecule has 0 unspecified atom stereocenters. The van der Waals surface area contributed by atoms with Gasteiger partial charge in [-0.25, -0.2) is 19.3 Å². The van der Waals surface area contributed by atoms with E-state index in [0.717, 1.165) is 10.2 Å². The summed E-state index contributed by atoms with van der Waals surface area (Å²) in [7, 11) is 0. The van der Waals surface area contributed by atoms with Crippen molar-refractivity contribution in [3.8, 4) is 0 Å². The maximum absolute atomic E-state index is 13.1. The van der Waals surface area contributed by atoms with E-state index in [0.29, 0.717) is 28.3 Å². The average molecular weight is 309 g/mol. The van der Waals surface area contributed by atoms with Gasteiger partial charge in [-0.05, 0) is 18.2 Å². The molecule has 0 aliphatic heterocycles. The van der Waals surface area contributed by atoms with Crippen LogP contribution in [-0.2, 0) is 6.42 Å². The maximum atomic E-state index is 13.1. The predicted molar refractivity (Wildman–Crippen MR) is 79.3 cm³/mol. The molecule has 0 aliphatic rings. The van der Waals surface area contributed by atoms with Crippen LogP contribution in [0.5, 0.6) is 0 Å². The highest BCUT2D eigenvalue weighted by Crippen LogP contribution is 2.28. The van der Waals surface area contributed by atoms with E-state index >= 15 is 0 Å². The molecule has 0 atom stereocenters. The fourth-order valence-electron chi connectivity index (χ4n) is 1.75. The van der Waals surface area contributed by atoms with Gasteiger partial charge in [0.2, 0.25) is 0 Å². The maximum Gasteiger partial charge on any atom is 0.189 e. The van der Waals surface area contributed by atoms with E-state index in [2.05, 4.69) is 20.3 Å². The number of rotatable bonds is 3. The second kappa shape index (κ2) is 5.30. The quantitative estimate of drug-likeness (QED) is 0.737. The molecule has 0 amide bonds. The summed E-state index contributed by atoms with van der Waals surface area (Å²) in [4.78, 5) is 12.8. The van der Waals surface area contributed by atoms with Crippen LogP contribution in [0.2, 0.25) is 5.15 Å². The minimum absolute atomic E-state index is 0.272. The molecule has 0 radical (unpaired) electrons. The van der Waals surface area contributed by atoms with Gasteiger partial charge in [0, 0.05) is 12.5 Å². The van der Waals surface area contributed by atoms with Gasteiger partial charge in [-0.15, -0.1) is 0 Å². The summed E-state index contributed by atoms with van der Waals surface area (Å²) in [6, 6.07) is 6.13. The first-order valence-electron chi connectivity index (χ1n) is 6.00. The van der Waals surface area contributed by atoms with Crippen molar-refractivity contribution in [1.29, 1.82) is 0 Å². The Morgan fingerprint density at radius 1 is 1.25 bits per heavy atom. The van der Waals surface area contributed by atoms with Gasteiger partial charge in [0.25, 0.3) is 0 Å². The zero-order valence-electron chi connectivity index (χ0n) is 10.5. The Hall–Kier alpha value is -1.79. The third-order valence-electron chi connectivity index (χ3n) is 2.64. The lowest BCUT2D eigenvalue weighted by Gasteiger charge is -2.03. The molecule has 0 aliphatic carbocycles. The Morgan fingerprint density at radius 3 is 2.90 bits per heavy atom. The molecule has 0 saturated carbocycles. The average Bonchev–Trinajstić information content (AvgIpc) is 2.79. The Balaban J connectivity index is 1.94. The lowest BCUT2D eigenvalue weighted by Crippen LogP contribution is -1.99. The highest BCUT2D eigenvalue weighted by atomic mass is 35.5. The summed E-state index contributed by atoms with van der Waals surface area (Å²) in [5.74, 6) is 0.972.